The van der Waals surface area contributed by atoms with Crippen molar-refractivity contribution in [2.24, 2.45) is 10.8 Å². The number of hydrazine groups is 1. The van der Waals surface area contributed by atoms with Crippen LogP contribution in [0.1, 0.15) is 66.7 Å². The lowest BCUT2D eigenvalue weighted by molar-refractivity contribution is -0.116. The molecule has 0 radical (unpaired) electrons. The number of amides is 1. The number of hydrogen-bond donors (Lipinski definition) is 4. The van der Waals surface area contributed by atoms with Gasteiger partial charge in [-0.15, -0.1) is 22.7 Å². The van der Waals surface area contributed by atoms with Crippen molar-refractivity contribution < 1.29 is 40.8 Å². The standard InChI is InChI=1S/C17H18N2O4S2.C8H11N3O3S.C8H8O2S/c1-12(10-15(20)17-8-5-9-24-17)18-11-16(21)13-6-3-4-7-14(13)19-25(2,22)23;1-15(13,14)11-7-5-3-2-4-6(7)8(12)10-9;1-6(9)5-7(10)8-3-2-4-11-8/h3-9,19H,10-11H2,1-2H3;2-5,11H,9H2,1H3,(H,10,12);2-4H,5H2,1H3. The lowest BCUT2D eigenvalue weighted by atomic mass is 10.1. The number of rotatable bonds is 14. The summed E-state index contributed by atoms with van der Waals surface area (Å²) in [7, 11) is -6.90. The minimum Gasteiger partial charge on any atom is -0.300 e. The third kappa shape index (κ3) is 16.1. The first-order valence-corrected chi connectivity index (χ1v) is 20.2. The van der Waals surface area contributed by atoms with Crippen LogP contribution < -0.4 is 20.7 Å². The largest absolute Gasteiger partial charge is 0.300 e. The molecule has 2 heterocycles. The Labute approximate surface area is 304 Å². The first-order valence-electron chi connectivity index (χ1n) is 14.7. The summed E-state index contributed by atoms with van der Waals surface area (Å²) in [5, 5.41) is 3.66. The van der Waals surface area contributed by atoms with Crippen LogP contribution in [0.3, 0.4) is 0 Å². The van der Waals surface area contributed by atoms with E-state index in [2.05, 4.69) is 14.4 Å². The predicted octanol–water partition coefficient (Wildman–Crippen LogP) is 4.61. The Morgan fingerprint density at radius 3 is 1.53 bits per heavy atom. The number of nitrogen functional groups attached to an aromatic ring is 1. The van der Waals surface area contributed by atoms with E-state index in [1.54, 1.807) is 55.5 Å². The number of anilines is 2. The molecular formula is C33H37N5O9S4. The predicted molar refractivity (Wildman–Crippen MR) is 201 cm³/mol. The second kappa shape index (κ2) is 20.1. The van der Waals surface area contributed by atoms with Gasteiger partial charge < -0.3 is 0 Å². The maximum atomic E-state index is 12.3. The number of carbonyl (C=O) groups is 5. The van der Waals surface area contributed by atoms with Gasteiger partial charge in [0.2, 0.25) is 20.0 Å². The van der Waals surface area contributed by atoms with E-state index in [-0.39, 0.29) is 65.0 Å². The summed E-state index contributed by atoms with van der Waals surface area (Å²) < 4.78 is 49.3. The van der Waals surface area contributed by atoms with Gasteiger partial charge in [-0.3, -0.25) is 43.8 Å². The van der Waals surface area contributed by atoms with Crippen LogP contribution in [0.25, 0.3) is 0 Å². The fourth-order valence-corrected chi connectivity index (χ4v) is 6.40. The summed E-state index contributed by atoms with van der Waals surface area (Å²) in [4.78, 5) is 62.7. The summed E-state index contributed by atoms with van der Waals surface area (Å²) in [5.74, 6) is 3.89. The average Bonchev–Trinajstić information content (AvgIpc) is 3.79. The van der Waals surface area contributed by atoms with Gasteiger partial charge in [-0.05, 0) is 61.0 Å². The molecule has 4 rings (SSSR count). The molecule has 0 saturated carbocycles. The van der Waals surface area contributed by atoms with Crippen LogP contribution in [-0.2, 0) is 24.8 Å². The Morgan fingerprint density at radius 1 is 0.647 bits per heavy atom. The molecule has 0 unspecified atom stereocenters. The van der Waals surface area contributed by atoms with Crippen LogP contribution in [0.15, 0.2) is 88.5 Å². The second-order valence-corrected chi connectivity index (χ2v) is 16.0. The average molecular weight is 776 g/mol. The van der Waals surface area contributed by atoms with E-state index >= 15 is 0 Å². The molecule has 5 N–H and O–H groups in total. The summed E-state index contributed by atoms with van der Waals surface area (Å²) in [6.45, 7) is 2.97. The Morgan fingerprint density at radius 2 is 1.10 bits per heavy atom. The highest BCUT2D eigenvalue weighted by atomic mass is 32.2. The molecule has 2 aromatic heterocycles. The van der Waals surface area contributed by atoms with Gasteiger partial charge in [-0.1, -0.05) is 36.4 Å². The van der Waals surface area contributed by atoms with Crippen LogP contribution in [-0.4, -0.2) is 70.6 Å². The topological polar surface area (TPSA) is 228 Å². The Hall–Kier alpha value is -4.88. The molecule has 0 atom stereocenters. The molecule has 0 fully saturated rings. The molecule has 4 aromatic rings. The van der Waals surface area contributed by atoms with Crippen molar-refractivity contribution in [2.75, 3.05) is 28.5 Å². The van der Waals surface area contributed by atoms with Crippen molar-refractivity contribution >= 4 is 88.8 Å². The van der Waals surface area contributed by atoms with Gasteiger partial charge in [-0.2, -0.15) is 0 Å². The molecule has 0 aliphatic carbocycles. The zero-order chi connectivity index (χ0) is 38.2. The number of nitrogens with two attached hydrogens (primary N) is 1. The number of benzene rings is 2. The number of para-hydroxylation sites is 2. The Bertz CT molecular complexity index is 2080. The molecule has 0 aliphatic rings. The van der Waals surface area contributed by atoms with Crippen LogP contribution in [0.2, 0.25) is 0 Å². The zero-order valence-corrected chi connectivity index (χ0v) is 31.3. The van der Waals surface area contributed by atoms with E-state index in [1.807, 2.05) is 16.2 Å². The fourth-order valence-electron chi connectivity index (χ4n) is 3.92. The number of thiophene rings is 2. The molecule has 2 aromatic carbocycles. The number of sulfonamides is 2. The van der Waals surface area contributed by atoms with E-state index in [1.165, 1.54) is 53.9 Å². The van der Waals surface area contributed by atoms with Crippen molar-refractivity contribution in [3.63, 3.8) is 0 Å². The maximum Gasteiger partial charge on any atom is 0.267 e. The fraction of sp³-hybridized carbons (Fsp3) is 0.212. The maximum absolute atomic E-state index is 12.3. The number of Topliss-reactive ketones (excluding diaryl/α,β-unsaturated/α-hetero) is 4. The van der Waals surface area contributed by atoms with Crippen molar-refractivity contribution in [2.45, 2.75) is 26.7 Å². The van der Waals surface area contributed by atoms with E-state index in [0.29, 0.717) is 15.5 Å². The van der Waals surface area contributed by atoms with E-state index in [9.17, 15) is 40.8 Å². The number of ketones is 4. The van der Waals surface area contributed by atoms with Gasteiger partial charge in [-0.25, -0.2) is 22.7 Å². The number of carbonyl (C=O) groups excluding carboxylic acids is 5. The van der Waals surface area contributed by atoms with Crippen molar-refractivity contribution in [3.8, 4) is 0 Å². The van der Waals surface area contributed by atoms with Crippen LogP contribution in [0, 0.1) is 0 Å². The van der Waals surface area contributed by atoms with Gasteiger partial charge >= 0.3 is 0 Å². The Kier molecular flexibility index (Phi) is 16.7. The van der Waals surface area contributed by atoms with Gasteiger partial charge in [0.1, 0.15) is 12.3 Å². The lowest BCUT2D eigenvalue weighted by Gasteiger charge is -2.09. The summed E-state index contributed by atoms with van der Waals surface area (Å²) >= 11 is 2.74. The third-order valence-corrected chi connectivity index (χ3v) is 9.03. The van der Waals surface area contributed by atoms with Crippen LogP contribution in [0.5, 0.6) is 0 Å². The van der Waals surface area contributed by atoms with E-state index < -0.39 is 26.0 Å². The minimum absolute atomic E-state index is 0.0283. The van der Waals surface area contributed by atoms with Crippen molar-refractivity contribution in [1.29, 1.82) is 0 Å². The molecule has 272 valence electrons. The monoisotopic (exact) mass is 775 g/mol. The normalized spacial score (nSPS) is 11.1. The molecule has 14 nitrogen and oxygen atoms in total. The third-order valence-electron chi connectivity index (χ3n) is 6.03. The molecule has 1 amide bonds. The van der Waals surface area contributed by atoms with Crippen LogP contribution >= 0.6 is 22.7 Å². The lowest BCUT2D eigenvalue weighted by Crippen LogP contribution is -2.30. The Balaban J connectivity index is 0.000000293. The summed E-state index contributed by atoms with van der Waals surface area (Å²) in [5.41, 5.74) is 3.32. The number of hydrogen-bond acceptors (Lipinski definition) is 13. The highest BCUT2D eigenvalue weighted by Crippen LogP contribution is 2.18. The van der Waals surface area contributed by atoms with E-state index in [4.69, 9.17) is 5.84 Å². The highest BCUT2D eigenvalue weighted by molar-refractivity contribution is 7.92. The first kappa shape index (κ1) is 42.3. The molecule has 18 heteroatoms. The molecule has 0 aliphatic heterocycles. The SMILES string of the molecule is CC(=O)CC(=O)c1cccs1.CC(CC(=O)c1cccs1)=NCC(=O)c1ccccc1NS(C)(=O)=O.CS(=O)(=O)Nc1ccccc1C(=O)NN. The molecule has 0 bridgehead atoms. The number of aliphatic imine (C=N–C) groups is 1. The molecule has 0 spiro atoms. The molecule has 0 saturated heterocycles. The molecular weight excluding hydrogens is 739 g/mol. The first-order chi connectivity index (χ1) is 23.9. The van der Waals surface area contributed by atoms with Gasteiger partial charge in [0, 0.05) is 17.7 Å². The molecule has 51 heavy (non-hydrogen) atoms. The van der Waals surface area contributed by atoms with Gasteiger partial charge in [0.25, 0.3) is 5.91 Å². The van der Waals surface area contributed by atoms with Crippen molar-refractivity contribution in [3.05, 3.63) is 104 Å². The minimum atomic E-state index is -3.49. The van der Waals surface area contributed by atoms with Gasteiger partial charge in [0.15, 0.2) is 17.3 Å². The number of nitrogens with one attached hydrogen (secondary N) is 3. The van der Waals surface area contributed by atoms with Crippen molar-refractivity contribution in [1.82, 2.24) is 5.43 Å². The summed E-state index contributed by atoms with van der Waals surface area (Å²) in [6.07, 6.45) is 2.20. The summed E-state index contributed by atoms with van der Waals surface area (Å²) in [6, 6.07) is 19.6. The second-order valence-electron chi connectivity index (χ2n) is 10.6. The zero-order valence-electron chi connectivity index (χ0n) is 28.0. The number of nitrogens with zero attached hydrogens (tertiary/aromatic N) is 1. The highest BCUT2D eigenvalue weighted by Gasteiger charge is 2.15. The van der Waals surface area contributed by atoms with Gasteiger partial charge in [0.05, 0.1) is 45.6 Å². The smallest absolute Gasteiger partial charge is 0.267 e. The van der Waals surface area contributed by atoms with Crippen LogP contribution in [0.4, 0.5) is 11.4 Å². The quantitative estimate of drug-likeness (QED) is 0.0347. The van der Waals surface area contributed by atoms with E-state index in [0.717, 1.165) is 12.5 Å².